The van der Waals surface area contributed by atoms with E-state index >= 15 is 0 Å². The van der Waals surface area contributed by atoms with Crippen molar-refractivity contribution in [3.05, 3.63) is 56.8 Å². The van der Waals surface area contributed by atoms with Crippen molar-refractivity contribution in [3.8, 4) is 0 Å². The Balaban J connectivity index is 1.45. The van der Waals surface area contributed by atoms with Crippen LogP contribution in [0.25, 0.3) is 22.2 Å². The molecule has 0 unspecified atom stereocenters. The van der Waals surface area contributed by atoms with Crippen molar-refractivity contribution in [2.45, 2.75) is 43.6 Å². The summed E-state index contributed by atoms with van der Waals surface area (Å²) < 4.78 is 42.8. The lowest BCUT2D eigenvalue weighted by molar-refractivity contribution is -0.144. The number of H-pyrrole nitrogens is 1. The number of aliphatic hydroxyl groups excluding tert-OH is 1. The number of nitrogens with zero attached hydrogens (tertiary/aromatic N) is 6. The van der Waals surface area contributed by atoms with Crippen LogP contribution in [0.4, 0.5) is 13.2 Å². The highest BCUT2D eigenvalue weighted by atomic mass is 19.4. The smallest absolute Gasteiger partial charge is 0.389 e. The summed E-state index contributed by atoms with van der Waals surface area (Å²) in [7, 11) is 4.40. The van der Waals surface area contributed by atoms with Gasteiger partial charge < -0.3 is 19.6 Å². The number of aryl methyl sites for hydroxylation is 1. The molecule has 3 atom stereocenters. The van der Waals surface area contributed by atoms with Gasteiger partial charge in [-0.15, -0.1) is 0 Å². The highest BCUT2D eigenvalue weighted by Gasteiger charge is 2.39. The first kappa shape index (κ1) is 24.7. The zero-order chi connectivity index (χ0) is 26.8. The fourth-order valence-corrected chi connectivity index (χ4v) is 5.13. The van der Waals surface area contributed by atoms with Crippen LogP contribution in [0.15, 0.2) is 34.1 Å². The lowest BCUT2D eigenvalue weighted by atomic mass is 9.86. The number of hydrogen-bond acceptors (Lipinski definition) is 6. The Bertz CT molecular complexity index is 1650. The maximum atomic E-state index is 13.3. The van der Waals surface area contributed by atoms with Gasteiger partial charge in [0.05, 0.1) is 35.5 Å². The molecular weight excluding hydrogens is 495 g/mol. The Morgan fingerprint density at radius 3 is 2.62 bits per heavy atom. The number of aromatic amines is 1. The minimum Gasteiger partial charge on any atom is -0.389 e. The van der Waals surface area contributed by atoms with E-state index in [0.29, 0.717) is 19.3 Å². The van der Waals surface area contributed by atoms with Crippen LogP contribution in [0.1, 0.15) is 41.5 Å². The van der Waals surface area contributed by atoms with Gasteiger partial charge in [-0.2, -0.15) is 13.2 Å². The van der Waals surface area contributed by atoms with E-state index in [1.807, 2.05) is 0 Å². The van der Waals surface area contributed by atoms with Crippen molar-refractivity contribution < 1.29 is 23.1 Å². The molecule has 196 valence electrons. The third kappa shape index (κ3) is 3.91. The van der Waals surface area contributed by atoms with Crippen LogP contribution < -0.4 is 11.2 Å². The van der Waals surface area contributed by atoms with Gasteiger partial charge in [-0.25, -0.2) is 14.8 Å². The molecule has 0 saturated heterocycles. The van der Waals surface area contributed by atoms with E-state index in [9.17, 15) is 32.7 Å². The minimum atomic E-state index is -4.65. The SMILES string of the molecule is CN(C(=O)c1ccc2nc(C(F)(F)F)[nH]c2c1)[C@@H]1CCC[C@@H](n2cnc3c(=O)n(C)c(=O)n(C)c32)[C@@H]1O. The molecule has 1 saturated carbocycles. The number of fused-ring (bicyclic) bond motifs is 2. The molecule has 1 aromatic carbocycles. The first-order valence-electron chi connectivity index (χ1n) is 11.5. The number of amides is 1. The van der Waals surface area contributed by atoms with Gasteiger partial charge in [-0.05, 0) is 37.5 Å². The van der Waals surface area contributed by atoms with E-state index in [1.54, 1.807) is 4.57 Å². The molecule has 1 aliphatic carbocycles. The number of hydrogen-bond donors (Lipinski definition) is 2. The zero-order valence-electron chi connectivity index (χ0n) is 20.2. The van der Waals surface area contributed by atoms with Crippen molar-refractivity contribution >= 4 is 28.1 Å². The predicted molar refractivity (Wildman–Crippen MR) is 126 cm³/mol. The largest absolute Gasteiger partial charge is 0.449 e. The van der Waals surface area contributed by atoms with Gasteiger partial charge in [0.1, 0.15) is 5.65 Å². The standard InChI is InChI=1S/C23H24F3N7O4/c1-30(19(35)11-7-8-12-13(9-11)29-21(28-12)23(24,25)26)14-5-4-6-15(17(14)34)33-10-27-16-18(33)31(2)22(37)32(3)20(16)36/h7-10,14-15,17,34H,4-6H2,1-3H3,(H,28,29)/t14-,15-,17-/m1/s1. The molecule has 3 heterocycles. The molecule has 37 heavy (non-hydrogen) atoms. The quantitative estimate of drug-likeness (QED) is 0.422. The molecule has 1 fully saturated rings. The molecule has 1 aliphatic rings. The van der Waals surface area contributed by atoms with Crippen LogP contribution >= 0.6 is 0 Å². The van der Waals surface area contributed by atoms with Crippen molar-refractivity contribution in [2.75, 3.05) is 7.05 Å². The van der Waals surface area contributed by atoms with E-state index in [1.165, 1.54) is 55.1 Å². The number of aromatic nitrogens is 6. The Kier molecular flexibility index (Phi) is 5.73. The second-order valence-electron chi connectivity index (χ2n) is 9.32. The number of rotatable bonds is 3. The highest BCUT2D eigenvalue weighted by Crippen LogP contribution is 2.34. The monoisotopic (exact) mass is 519 g/mol. The average Bonchev–Trinajstić information content (AvgIpc) is 3.50. The predicted octanol–water partition coefficient (Wildman–Crippen LogP) is 1.56. The summed E-state index contributed by atoms with van der Waals surface area (Å²) >= 11 is 0. The molecule has 14 heteroatoms. The fourth-order valence-electron chi connectivity index (χ4n) is 5.13. The Labute approximate surface area is 206 Å². The number of halogens is 3. The van der Waals surface area contributed by atoms with Crippen molar-refractivity contribution in [2.24, 2.45) is 14.1 Å². The lowest BCUT2D eigenvalue weighted by Gasteiger charge is -2.40. The summed E-state index contributed by atoms with van der Waals surface area (Å²) in [6.07, 6.45) is -2.66. The highest BCUT2D eigenvalue weighted by molar-refractivity contribution is 5.97. The van der Waals surface area contributed by atoms with Gasteiger partial charge in [0.2, 0.25) is 5.82 Å². The van der Waals surface area contributed by atoms with Gasteiger partial charge in [0.15, 0.2) is 5.52 Å². The van der Waals surface area contributed by atoms with Gasteiger partial charge in [0, 0.05) is 26.7 Å². The number of imidazole rings is 2. The second kappa shape index (κ2) is 8.57. The van der Waals surface area contributed by atoms with Crippen LogP contribution in [0.3, 0.4) is 0 Å². The summed E-state index contributed by atoms with van der Waals surface area (Å²) in [5, 5.41) is 11.3. The van der Waals surface area contributed by atoms with E-state index in [2.05, 4.69) is 15.0 Å². The molecule has 0 radical (unpaired) electrons. The maximum absolute atomic E-state index is 13.3. The van der Waals surface area contributed by atoms with E-state index in [0.717, 1.165) is 4.57 Å². The van der Waals surface area contributed by atoms with Crippen molar-refractivity contribution in [3.63, 3.8) is 0 Å². The fraction of sp³-hybridized carbons (Fsp3) is 0.435. The van der Waals surface area contributed by atoms with Crippen LogP contribution in [0.2, 0.25) is 0 Å². The number of carbonyl (C=O) groups is 1. The molecule has 4 aromatic rings. The molecule has 2 N–H and O–H groups in total. The van der Waals surface area contributed by atoms with Crippen LogP contribution in [-0.2, 0) is 20.3 Å². The van der Waals surface area contributed by atoms with E-state index < -0.39 is 47.3 Å². The summed E-state index contributed by atoms with van der Waals surface area (Å²) in [6, 6.07) is 2.83. The van der Waals surface area contributed by atoms with Crippen molar-refractivity contribution in [1.29, 1.82) is 0 Å². The summed E-state index contributed by atoms with van der Waals surface area (Å²) in [5.41, 5.74) is -0.425. The number of nitrogens with one attached hydrogen (secondary N) is 1. The third-order valence-electron chi connectivity index (χ3n) is 7.13. The average molecular weight is 519 g/mol. The maximum Gasteiger partial charge on any atom is 0.449 e. The van der Waals surface area contributed by atoms with Gasteiger partial charge >= 0.3 is 11.9 Å². The Hall–Kier alpha value is -3.94. The number of alkyl halides is 3. The molecule has 0 spiro atoms. The third-order valence-corrected chi connectivity index (χ3v) is 7.13. The number of carbonyl (C=O) groups excluding carboxylic acids is 1. The van der Waals surface area contributed by atoms with E-state index in [-0.39, 0.29) is 27.8 Å². The topological polar surface area (TPSA) is 131 Å². The van der Waals surface area contributed by atoms with Gasteiger partial charge in [-0.1, -0.05) is 0 Å². The van der Waals surface area contributed by atoms with Crippen LogP contribution in [0.5, 0.6) is 0 Å². The molecule has 0 bridgehead atoms. The molecular formula is C23H24F3N7O4. The van der Waals surface area contributed by atoms with Crippen LogP contribution in [-0.4, -0.2) is 63.8 Å². The van der Waals surface area contributed by atoms with Gasteiger partial charge in [0.25, 0.3) is 11.5 Å². The number of likely N-dealkylation sites (N-methyl/N-ethyl adjacent to an activating group) is 1. The molecule has 1 amide bonds. The zero-order valence-corrected chi connectivity index (χ0v) is 20.2. The molecule has 3 aromatic heterocycles. The summed E-state index contributed by atoms with van der Waals surface area (Å²) in [4.78, 5) is 49.6. The summed E-state index contributed by atoms with van der Waals surface area (Å²) in [6.45, 7) is 0. The normalized spacial score (nSPS) is 20.6. The first-order chi connectivity index (χ1) is 17.4. The Morgan fingerprint density at radius 1 is 1.19 bits per heavy atom. The van der Waals surface area contributed by atoms with E-state index in [4.69, 9.17) is 0 Å². The molecule has 11 nitrogen and oxygen atoms in total. The lowest BCUT2D eigenvalue weighted by Crippen LogP contribution is -2.50. The number of aliphatic hydroxyl groups is 1. The van der Waals surface area contributed by atoms with Gasteiger partial charge in [-0.3, -0.25) is 18.7 Å². The summed E-state index contributed by atoms with van der Waals surface area (Å²) in [5.74, 6) is -1.63. The molecule has 5 rings (SSSR count). The minimum absolute atomic E-state index is 0.0704. The first-order valence-corrected chi connectivity index (χ1v) is 11.5. The van der Waals surface area contributed by atoms with Crippen LogP contribution in [0, 0.1) is 0 Å². The molecule has 0 aliphatic heterocycles. The van der Waals surface area contributed by atoms with Crippen molar-refractivity contribution in [1.82, 2.24) is 33.6 Å². The second-order valence-corrected chi connectivity index (χ2v) is 9.32. The number of benzene rings is 1. The Morgan fingerprint density at radius 2 is 1.92 bits per heavy atom.